The summed E-state index contributed by atoms with van der Waals surface area (Å²) < 4.78 is 7.33. The Bertz CT molecular complexity index is 566. The first-order valence-electron chi connectivity index (χ1n) is 7.08. The quantitative estimate of drug-likeness (QED) is 0.854. The third-order valence-electron chi connectivity index (χ3n) is 4.14. The molecule has 1 aliphatic carbocycles. The van der Waals surface area contributed by atoms with Crippen molar-refractivity contribution in [3.8, 4) is 5.75 Å². The molecule has 102 valence electrons. The summed E-state index contributed by atoms with van der Waals surface area (Å²) in [5.41, 5.74) is 9.59. The first-order chi connectivity index (χ1) is 9.29. The van der Waals surface area contributed by atoms with E-state index in [9.17, 15) is 0 Å². The van der Waals surface area contributed by atoms with Crippen LogP contribution in [0.4, 0.5) is 5.69 Å². The number of benzene rings is 1. The van der Waals surface area contributed by atoms with E-state index < -0.39 is 0 Å². The van der Waals surface area contributed by atoms with Gasteiger partial charge >= 0.3 is 0 Å². The highest BCUT2D eigenvalue weighted by Gasteiger charge is 2.26. The van der Waals surface area contributed by atoms with Gasteiger partial charge in [-0.3, -0.25) is 0 Å². The summed E-state index contributed by atoms with van der Waals surface area (Å²) in [6.07, 6.45) is 6.52. The van der Waals surface area contributed by atoms with Gasteiger partial charge in [0.2, 0.25) is 0 Å². The highest BCUT2D eigenvalue weighted by atomic mass is 32.1. The number of hydrogen-bond donors (Lipinski definition) is 1. The van der Waals surface area contributed by atoms with Crippen molar-refractivity contribution < 1.29 is 4.74 Å². The molecule has 1 aliphatic rings. The molecule has 2 atom stereocenters. The van der Waals surface area contributed by atoms with Gasteiger partial charge in [0.1, 0.15) is 23.1 Å². The maximum Gasteiger partial charge on any atom is 0.144 e. The van der Waals surface area contributed by atoms with Gasteiger partial charge in [0.15, 0.2) is 0 Å². The summed E-state index contributed by atoms with van der Waals surface area (Å²) in [5, 5.41) is 0. The average molecular weight is 276 g/mol. The van der Waals surface area contributed by atoms with Gasteiger partial charge < -0.3 is 10.5 Å². The van der Waals surface area contributed by atoms with Gasteiger partial charge in [0.25, 0.3) is 0 Å². The van der Waals surface area contributed by atoms with Gasteiger partial charge in [-0.05, 0) is 43.7 Å². The monoisotopic (exact) mass is 276 g/mol. The highest BCUT2D eigenvalue weighted by Crippen LogP contribution is 2.36. The van der Waals surface area contributed by atoms with E-state index in [1.54, 1.807) is 11.3 Å². The van der Waals surface area contributed by atoms with Crippen LogP contribution in [0.25, 0.3) is 10.2 Å². The zero-order chi connectivity index (χ0) is 13.2. The molecule has 2 unspecified atom stereocenters. The molecule has 1 aromatic carbocycles. The number of anilines is 1. The fourth-order valence-electron chi connectivity index (χ4n) is 3.00. The van der Waals surface area contributed by atoms with E-state index in [4.69, 9.17) is 10.5 Å². The molecule has 0 radical (unpaired) electrons. The number of fused-ring (bicyclic) bond motifs is 1. The second kappa shape index (κ2) is 5.37. The fourth-order valence-corrected chi connectivity index (χ4v) is 3.69. The van der Waals surface area contributed by atoms with Crippen LogP contribution in [-0.4, -0.2) is 11.1 Å². The van der Waals surface area contributed by atoms with E-state index in [1.807, 2.05) is 11.6 Å². The van der Waals surface area contributed by atoms with E-state index in [1.165, 1.54) is 25.7 Å². The zero-order valence-electron chi connectivity index (χ0n) is 11.3. The molecule has 0 spiro atoms. The van der Waals surface area contributed by atoms with Crippen molar-refractivity contribution in [3.05, 3.63) is 17.6 Å². The Morgan fingerprint density at radius 3 is 3.05 bits per heavy atom. The number of nitrogens with zero attached hydrogens (tertiary/aromatic N) is 1. The molecule has 3 rings (SSSR count). The van der Waals surface area contributed by atoms with Crippen LogP contribution in [0.15, 0.2) is 17.6 Å². The van der Waals surface area contributed by atoms with Crippen LogP contribution < -0.4 is 10.5 Å². The van der Waals surface area contributed by atoms with Crippen LogP contribution in [0.5, 0.6) is 5.75 Å². The highest BCUT2D eigenvalue weighted by molar-refractivity contribution is 7.16. The smallest absolute Gasteiger partial charge is 0.144 e. The van der Waals surface area contributed by atoms with Crippen molar-refractivity contribution in [2.75, 3.05) is 5.73 Å². The maximum absolute atomic E-state index is 6.21. The van der Waals surface area contributed by atoms with Crippen LogP contribution in [0.2, 0.25) is 0 Å². The molecule has 2 N–H and O–H groups in total. The Morgan fingerprint density at radius 2 is 2.21 bits per heavy atom. The van der Waals surface area contributed by atoms with Gasteiger partial charge in [0.05, 0.1) is 10.2 Å². The molecule has 1 heterocycles. The number of hydrogen-bond acceptors (Lipinski definition) is 4. The van der Waals surface area contributed by atoms with Crippen molar-refractivity contribution in [1.82, 2.24) is 4.98 Å². The molecule has 1 fully saturated rings. The van der Waals surface area contributed by atoms with E-state index in [2.05, 4.69) is 18.0 Å². The molecule has 1 aromatic heterocycles. The molecule has 1 saturated carbocycles. The SMILES string of the molecule is CCC1CCCCC1Oc1ccc2scnc2c1N. The second-order valence-electron chi connectivity index (χ2n) is 5.29. The number of nitrogen functional groups attached to an aromatic ring is 1. The minimum absolute atomic E-state index is 0.317. The topological polar surface area (TPSA) is 48.1 Å². The number of rotatable bonds is 3. The number of aromatic nitrogens is 1. The lowest BCUT2D eigenvalue weighted by molar-refractivity contribution is 0.0912. The van der Waals surface area contributed by atoms with Crippen molar-refractivity contribution in [1.29, 1.82) is 0 Å². The summed E-state index contributed by atoms with van der Waals surface area (Å²) >= 11 is 1.61. The summed E-state index contributed by atoms with van der Waals surface area (Å²) in [6.45, 7) is 2.25. The summed E-state index contributed by atoms with van der Waals surface area (Å²) in [5.74, 6) is 1.48. The second-order valence-corrected chi connectivity index (χ2v) is 6.17. The predicted molar refractivity (Wildman–Crippen MR) is 80.7 cm³/mol. The molecular formula is C15H20N2OS. The minimum atomic E-state index is 0.317. The Morgan fingerprint density at radius 1 is 1.37 bits per heavy atom. The van der Waals surface area contributed by atoms with Crippen LogP contribution in [0.1, 0.15) is 39.0 Å². The Labute approximate surface area is 117 Å². The molecule has 0 aliphatic heterocycles. The van der Waals surface area contributed by atoms with Crippen molar-refractivity contribution >= 4 is 27.2 Å². The molecule has 0 bridgehead atoms. The molecule has 2 aromatic rings. The van der Waals surface area contributed by atoms with E-state index >= 15 is 0 Å². The van der Waals surface area contributed by atoms with Gasteiger partial charge in [-0.15, -0.1) is 11.3 Å². The standard InChI is InChI=1S/C15H20N2OS/c1-2-10-5-3-4-6-11(10)18-12-7-8-13-15(14(12)16)17-9-19-13/h7-11H,2-6,16H2,1H3. The van der Waals surface area contributed by atoms with Crippen LogP contribution in [0, 0.1) is 5.92 Å². The first-order valence-corrected chi connectivity index (χ1v) is 7.96. The largest absolute Gasteiger partial charge is 0.488 e. The van der Waals surface area contributed by atoms with Gasteiger partial charge in [-0.25, -0.2) is 4.98 Å². The van der Waals surface area contributed by atoms with Crippen molar-refractivity contribution in [2.45, 2.75) is 45.1 Å². The average Bonchev–Trinajstić information content (AvgIpc) is 2.92. The molecule has 3 nitrogen and oxygen atoms in total. The number of ether oxygens (including phenoxy) is 1. The van der Waals surface area contributed by atoms with E-state index in [-0.39, 0.29) is 0 Å². The Kier molecular flexibility index (Phi) is 3.60. The van der Waals surface area contributed by atoms with Crippen molar-refractivity contribution in [2.24, 2.45) is 5.92 Å². The Hall–Kier alpha value is -1.29. The molecule has 0 saturated heterocycles. The van der Waals surface area contributed by atoms with E-state index in [0.29, 0.717) is 17.7 Å². The third-order valence-corrected chi connectivity index (χ3v) is 4.94. The third kappa shape index (κ3) is 2.41. The first kappa shape index (κ1) is 12.7. The summed E-state index contributed by atoms with van der Waals surface area (Å²) in [4.78, 5) is 4.32. The van der Waals surface area contributed by atoms with Gasteiger partial charge in [-0.1, -0.05) is 13.3 Å². The minimum Gasteiger partial charge on any atom is -0.488 e. The molecular weight excluding hydrogens is 256 g/mol. The van der Waals surface area contributed by atoms with Crippen LogP contribution in [0.3, 0.4) is 0 Å². The van der Waals surface area contributed by atoms with E-state index in [0.717, 1.165) is 22.4 Å². The Balaban J connectivity index is 1.85. The van der Waals surface area contributed by atoms with Gasteiger partial charge in [-0.2, -0.15) is 0 Å². The molecule has 4 heteroatoms. The van der Waals surface area contributed by atoms with Crippen LogP contribution >= 0.6 is 11.3 Å². The normalized spacial score (nSPS) is 23.6. The maximum atomic E-state index is 6.21. The zero-order valence-corrected chi connectivity index (χ0v) is 12.1. The predicted octanol–water partition coefficient (Wildman–Crippen LogP) is 4.23. The molecule has 19 heavy (non-hydrogen) atoms. The van der Waals surface area contributed by atoms with Crippen molar-refractivity contribution in [3.63, 3.8) is 0 Å². The van der Waals surface area contributed by atoms with Crippen LogP contribution in [-0.2, 0) is 0 Å². The number of thiazole rings is 1. The molecule has 0 amide bonds. The fraction of sp³-hybridized carbons (Fsp3) is 0.533. The lowest BCUT2D eigenvalue weighted by atomic mass is 9.85. The number of nitrogens with two attached hydrogens (primary N) is 1. The van der Waals surface area contributed by atoms with Gasteiger partial charge in [0, 0.05) is 0 Å². The summed E-state index contributed by atoms with van der Waals surface area (Å²) in [7, 11) is 0. The lowest BCUT2D eigenvalue weighted by Crippen LogP contribution is -2.30. The lowest BCUT2D eigenvalue weighted by Gasteiger charge is -2.31. The summed E-state index contributed by atoms with van der Waals surface area (Å²) in [6, 6.07) is 4.06.